The zero-order valence-electron chi connectivity index (χ0n) is 15.1. The number of nitrogens with zero attached hydrogens (tertiary/aromatic N) is 1. The van der Waals surface area contributed by atoms with Crippen LogP contribution in [0.1, 0.15) is 28.4 Å². The minimum absolute atomic E-state index is 0.00711. The molecule has 0 spiro atoms. The van der Waals surface area contributed by atoms with E-state index < -0.39 is 0 Å². The molecule has 1 aliphatic rings. The fourth-order valence-electron chi connectivity index (χ4n) is 3.53. The van der Waals surface area contributed by atoms with E-state index >= 15 is 0 Å². The summed E-state index contributed by atoms with van der Waals surface area (Å²) in [7, 11) is 1.64. The van der Waals surface area contributed by atoms with Gasteiger partial charge in [0.2, 0.25) is 0 Å². The number of benzene rings is 3. The fraction of sp³-hybridized carbons (Fsp3) is 0.174. The van der Waals surface area contributed by atoms with Crippen LogP contribution in [0.3, 0.4) is 0 Å². The third kappa shape index (κ3) is 3.31. The van der Waals surface area contributed by atoms with Crippen LogP contribution in [0.5, 0.6) is 5.75 Å². The number of ether oxygens (including phenoxy) is 1. The van der Waals surface area contributed by atoms with Crippen LogP contribution in [0.4, 0.5) is 4.39 Å². The van der Waals surface area contributed by atoms with Crippen molar-refractivity contribution in [2.45, 2.75) is 12.5 Å². The largest absolute Gasteiger partial charge is 0.496 e. The summed E-state index contributed by atoms with van der Waals surface area (Å²) in [5.41, 5.74) is 3.51. The van der Waals surface area contributed by atoms with Gasteiger partial charge in [-0.3, -0.25) is 4.79 Å². The fourth-order valence-corrected chi connectivity index (χ4v) is 3.53. The van der Waals surface area contributed by atoms with Gasteiger partial charge in [0.05, 0.1) is 13.2 Å². The third-order valence-corrected chi connectivity index (χ3v) is 5.06. The van der Waals surface area contributed by atoms with Crippen molar-refractivity contribution in [2.24, 2.45) is 0 Å². The predicted molar refractivity (Wildman–Crippen MR) is 103 cm³/mol. The number of amides is 1. The zero-order valence-corrected chi connectivity index (χ0v) is 15.1. The summed E-state index contributed by atoms with van der Waals surface area (Å²) >= 11 is 0. The SMILES string of the molecule is COc1ccccc1-c1cccc(C(=O)N2CC[C@@H]2c2ccc(F)cc2)c1. The van der Waals surface area contributed by atoms with E-state index in [0.717, 1.165) is 28.9 Å². The number of hydrogen-bond donors (Lipinski definition) is 0. The molecule has 0 aromatic heterocycles. The van der Waals surface area contributed by atoms with Crippen molar-refractivity contribution in [3.63, 3.8) is 0 Å². The Kier molecular flexibility index (Phi) is 4.63. The lowest BCUT2D eigenvalue weighted by molar-refractivity contribution is 0.0460. The van der Waals surface area contributed by atoms with E-state index in [1.807, 2.05) is 53.4 Å². The maximum atomic E-state index is 13.2. The molecule has 136 valence electrons. The van der Waals surface area contributed by atoms with Gasteiger partial charge in [-0.2, -0.15) is 0 Å². The summed E-state index contributed by atoms with van der Waals surface area (Å²) < 4.78 is 18.6. The summed E-state index contributed by atoms with van der Waals surface area (Å²) in [5, 5.41) is 0. The third-order valence-electron chi connectivity index (χ3n) is 5.06. The molecule has 27 heavy (non-hydrogen) atoms. The van der Waals surface area contributed by atoms with Crippen LogP contribution in [0.25, 0.3) is 11.1 Å². The number of likely N-dealkylation sites (tertiary alicyclic amines) is 1. The number of carbonyl (C=O) groups is 1. The maximum absolute atomic E-state index is 13.2. The average molecular weight is 361 g/mol. The number of hydrogen-bond acceptors (Lipinski definition) is 2. The van der Waals surface area contributed by atoms with Gasteiger partial charge >= 0.3 is 0 Å². The Morgan fingerprint density at radius 2 is 1.81 bits per heavy atom. The minimum Gasteiger partial charge on any atom is -0.496 e. The van der Waals surface area contributed by atoms with E-state index in [1.165, 1.54) is 12.1 Å². The molecular weight excluding hydrogens is 341 g/mol. The highest BCUT2D eigenvalue weighted by Crippen LogP contribution is 2.35. The lowest BCUT2D eigenvalue weighted by Crippen LogP contribution is -2.45. The van der Waals surface area contributed by atoms with Gasteiger partial charge in [0, 0.05) is 17.7 Å². The molecule has 3 aromatic carbocycles. The monoisotopic (exact) mass is 361 g/mol. The molecular formula is C23H20FNO2. The summed E-state index contributed by atoms with van der Waals surface area (Å²) in [6.45, 7) is 0.708. The highest BCUT2D eigenvalue weighted by Gasteiger charge is 2.33. The number of para-hydroxylation sites is 1. The Hall–Kier alpha value is -3.14. The number of rotatable bonds is 4. The van der Waals surface area contributed by atoms with Crippen molar-refractivity contribution in [2.75, 3.05) is 13.7 Å². The maximum Gasteiger partial charge on any atom is 0.254 e. The molecule has 0 saturated carbocycles. The molecule has 3 nitrogen and oxygen atoms in total. The first-order valence-corrected chi connectivity index (χ1v) is 8.97. The molecule has 4 heteroatoms. The number of carbonyl (C=O) groups excluding carboxylic acids is 1. The van der Waals surface area contributed by atoms with Gasteiger partial charge in [-0.25, -0.2) is 4.39 Å². The summed E-state index contributed by atoms with van der Waals surface area (Å²) in [5.74, 6) is 0.503. The first-order chi connectivity index (χ1) is 13.2. The molecule has 0 N–H and O–H groups in total. The second-order valence-corrected chi connectivity index (χ2v) is 6.64. The highest BCUT2D eigenvalue weighted by molar-refractivity contribution is 5.96. The Bertz CT molecular complexity index is 968. The average Bonchev–Trinajstić information content (AvgIpc) is 2.69. The van der Waals surface area contributed by atoms with Crippen molar-refractivity contribution in [3.8, 4) is 16.9 Å². The van der Waals surface area contributed by atoms with Gasteiger partial charge in [0.15, 0.2) is 0 Å². The van der Waals surface area contributed by atoms with E-state index in [2.05, 4.69) is 0 Å². The van der Waals surface area contributed by atoms with Gasteiger partial charge in [-0.05, 0) is 47.9 Å². The Morgan fingerprint density at radius 3 is 2.52 bits per heavy atom. The topological polar surface area (TPSA) is 29.5 Å². The molecule has 1 fully saturated rings. The van der Waals surface area contributed by atoms with Crippen LogP contribution in [-0.2, 0) is 0 Å². The lowest BCUT2D eigenvalue weighted by Gasteiger charge is -2.41. The van der Waals surface area contributed by atoms with Crippen LogP contribution < -0.4 is 4.74 Å². The van der Waals surface area contributed by atoms with Gasteiger partial charge in [-0.15, -0.1) is 0 Å². The molecule has 0 aliphatic carbocycles. The molecule has 0 radical (unpaired) electrons. The molecule has 4 rings (SSSR count). The van der Waals surface area contributed by atoms with E-state index in [4.69, 9.17) is 4.74 Å². The van der Waals surface area contributed by atoms with E-state index in [0.29, 0.717) is 12.1 Å². The Balaban J connectivity index is 1.60. The van der Waals surface area contributed by atoms with Crippen LogP contribution in [-0.4, -0.2) is 24.5 Å². The van der Waals surface area contributed by atoms with Gasteiger partial charge in [0.1, 0.15) is 11.6 Å². The van der Waals surface area contributed by atoms with Crippen molar-refractivity contribution in [1.29, 1.82) is 0 Å². The van der Waals surface area contributed by atoms with Crippen molar-refractivity contribution >= 4 is 5.91 Å². The van der Waals surface area contributed by atoms with E-state index in [-0.39, 0.29) is 17.8 Å². The molecule has 1 aliphatic heterocycles. The number of methoxy groups -OCH3 is 1. The molecule has 3 aromatic rings. The van der Waals surface area contributed by atoms with Crippen LogP contribution in [0.2, 0.25) is 0 Å². The second kappa shape index (κ2) is 7.23. The number of halogens is 1. The smallest absolute Gasteiger partial charge is 0.254 e. The first kappa shape index (κ1) is 17.3. The van der Waals surface area contributed by atoms with Gasteiger partial charge in [0.25, 0.3) is 5.91 Å². The van der Waals surface area contributed by atoms with E-state index in [9.17, 15) is 9.18 Å². The molecule has 1 amide bonds. The first-order valence-electron chi connectivity index (χ1n) is 8.97. The van der Waals surface area contributed by atoms with Crippen LogP contribution in [0, 0.1) is 5.82 Å². The summed E-state index contributed by atoms with van der Waals surface area (Å²) in [6, 6.07) is 21.8. The Labute approximate surface area is 158 Å². The molecule has 1 saturated heterocycles. The molecule has 1 heterocycles. The van der Waals surface area contributed by atoms with Crippen molar-refractivity contribution < 1.29 is 13.9 Å². The quantitative estimate of drug-likeness (QED) is 0.648. The van der Waals surface area contributed by atoms with Gasteiger partial charge in [-0.1, -0.05) is 42.5 Å². The van der Waals surface area contributed by atoms with Crippen LogP contribution >= 0.6 is 0 Å². The summed E-state index contributed by atoms with van der Waals surface area (Å²) in [4.78, 5) is 14.9. The van der Waals surface area contributed by atoms with Gasteiger partial charge < -0.3 is 9.64 Å². The Morgan fingerprint density at radius 1 is 1.04 bits per heavy atom. The molecule has 1 atom stereocenters. The van der Waals surface area contributed by atoms with Crippen LogP contribution in [0.15, 0.2) is 72.8 Å². The standard InChI is InChI=1S/C23H20FNO2/c1-27-22-8-3-2-7-20(22)17-5-4-6-18(15-17)23(26)25-14-13-21(25)16-9-11-19(24)12-10-16/h2-12,15,21H,13-14H2,1H3/t21-/m1/s1. The summed E-state index contributed by atoms with van der Waals surface area (Å²) in [6.07, 6.45) is 0.892. The van der Waals surface area contributed by atoms with E-state index in [1.54, 1.807) is 19.2 Å². The normalized spacial score (nSPS) is 15.9. The zero-order chi connectivity index (χ0) is 18.8. The van der Waals surface area contributed by atoms with Crippen molar-refractivity contribution in [1.82, 2.24) is 4.90 Å². The second-order valence-electron chi connectivity index (χ2n) is 6.64. The lowest BCUT2D eigenvalue weighted by atomic mass is 9.93. The van der Waals surface area contributed by atoms with Crippen molar-refractivity contribution in [3.05, 3.63) is 89.7 Å². The molecule has 0 unspecified atom stereocenters. The minimum atomic E-state index is -0.263. The highest BCUT2D eigenvalue weighted by atomic mass is 19.1. The predicted octanol–water partition coefficient (Wildman–Crippen LogP) is 5.09. The molecule has 0 bridgehead atoms.